The third kappa shape index (κ3) is 3.80. The van der Waals surface area contributed by atoms with Gasteiger partial charge in [0.25, 0.3) is 0 Å². The molecule has 29 heavy (non-hydrogen) atoms. The average Bonchev–Trinajstić information content (AvgIpc) is 3.02. The predicted octanol–water partition coefficient (Wildman–Crippen LogP) is 4.08. The smallest absolute Gasteiger partial charge is 0.338 e. The number of thioether (sulfide) groups is 1. The minimum atomic E-state index is -0.671. The second-order valence-corrected chi connectivity index (χ2v) is 7.73. The van der Waals surface area contributed by atoms with Crippen LogP contribution in [-0.2, 0) is 9.53 Å². The van der Waals surface area contributed by atoms with E-state index in [-0.39, 0.29) is 12.4 Å². The predicted molar refractivity (Wildman–Crippen MR) is 113 cm³/mol. The number of nitriles is 1. The Bertz CT molecular complexity index is 980. The SMILES string of the molecule is CCCC1=C(C(=O)OCC)[C@H](c2cc(Cl)ccc2OC)N2C(=N1)SC(C#N)=C2N. The zero-order chi connectivity index (χ0) is 21.1. The average molecular weight is 433 g/mol. The fraction of sp³-hybridized carbons (Fsp3) is 0.350. The lowest BCUT2D eigenvalue weighted by Gasteiger charge is -2.36. The summed E-state index contributed by atoms with van der Waals surface area (Å²) in [6.07, 6.45) is 1.36. The minimum Gasteiger partial charge on any atom is -0.496 e. The minimum absolute atomic E-state index is 0.223. The van der Waals surface area contributed by atoms with Gasteiger partial charge in [-0.2, -0.15) is 5.26 Å². The van der Waals surface area contributed by atoms with Crippen molar-refractivity contribution in [2.24, 2.45) is 10.7 Å². The van der Waals surface area contributed by atoms with Gasteiger partial charge < -0.3 is 15.2 Å². The van der Waals surface area contributed by atoms with Crippen LogP contribution in [0.5, 0.6) is 5.75 Å². The number of esters is 1. The number of nitrogens with zero attached hydrogens (tertiary/aromatic N) is 3. The van der Waals surface area contributed by atoms with Gasteiger partial charge in [0.1, 0.15) is 28.6 Å². The van der Waals surface area contributed by atoms with Crippen molar-refractivity contribution in [3.05, 3.63) is 50.8 Å². The molecule has 0 saturated carbocycles. The first-order valence-electron chi connectivity index (χ1n) is 9.15. The molecule has 0 unspecified atom stereocenters. The number of hydrogen-bond donors (Lipinski definition) is 1. The van der Waals surface area contributed by atoms with Gasteiger partial charge in [0.05, 0.1) is 25.0 Å². The Balaban J connectivity index is 2.30. The van der Waals surface area contributed by atoms with E-state index in [0.717, 1.165) is 6.42 Å². The van der Waals surface area contributed by atoms with Gasteiger partial charge in [-0.15, -0.1) is 0 Å². The summed E-state index contributed by atoms with van der Waals surface area (Å²) in [6.45, 7) is 3.98. The molecule has 7 nitrogen and oxygen atoms in total. The molecule has 1 aromatic carbocycles. The molecular weight excluding hydrogens is 412 g/mol. The summed E-state index contributed by atoms with van der Waals surface area (Å²) in [5.74, 6) is 0.302. The molecule has 0 amide bonds. The quantitative estimate of drug-likeness (QED) is 0.676. The van der Waals surface area contributed by atoms with Crippen LogP contribution >= 0.6 is 23.4 Å². The van der Waals surface area contributed by atoms with Crippen molar-refractivity contribution in [3.63, 3.8) is 0 Å². The Morgan fingerprint density at radius 1 is 1.45 bits per heavy atom. The normalized spacial score (nSPS) is 18.4. The van der Waals surface area contributed by atoms with Crippen LogP contribution in [0.4, 0.5) is 0 Å². The van der Waals surface area contributed by atoms with Crippen molar-refractivity contribution < 1.29 is 14.3 Å². The molecule has 0 aliphatic carbocycles. The third-order valence-corrected chi connectivity index (χ3v) is 5.74. The standard InChI is InChI=1S/C20H21ClN4O3S/c1-4-6-13-16(19(26)28-5-2)17(12-9-11(21)7-8-14(12)27-3)25-18(23)15(10-22)29-20(25)24-13/h7-9,17H,4-6,23H2,1-3H3/t17-/m0/s1. The van der Waals surface area contributed by atoms with Crippen LogP contribution in [0.2, 0.25) is 5.02 Å². The molecular formula is C20H21ClN4O3S. The Hall–Kier alpha value is -2.63. The number of halogens is 1. The second kappa shape index (κ2) is 8.80. The number of amidine groups is 1. The summed E-state index contributed by atoms with van der Waals surface area (Å²) in [4.78, 5) is 19.7. The lowest BCUT2D eigenvalue weighted by molar-refractivity contribution is -0.139. The summed E-state index contributed by atoms with van der Waals surface area (Å²) in [5.41, 5.74) is 7.93. The number of carbonyl (C=O) groups excluding carboxylic acids is 1. The molecule has 0 bridgehead atoms. The van der Waals surface area contributed by atoms with Gasteiger partial charge in [-0.3, -0.25) is 4.90 Å². The van der Waals surface area contributed by atoms with Crippen LogP contribution in [0.15, 0.2) is 45.2 Å². The maximum absolute atomic E-state index is 13.0. The van der Waals surface area contributed by atoms with Gasteiger partial charge in [0, 0.05) is 10.6 Å². The molecule has 0 saturated heterocycles. The summed E-state index contributed by atoms with van der Waals surface area (Å²) < 4.78 is 10.9. The van der Waals surface area contributed by atoms with E-state index in [2.05, 4.69) is 11.1 Å². The van der Waals surface area contributed by atoms with Gasteiger partial charge in [-0.05, 0) is 43.3 Å². The van der Waals surface area contributed by atoms with Gasteiger partial charge in [-0.1, -0.05) is 24.9 Å². The van der Waals surface area contributed by atoms with Crippen molar-refractivity contribution in [1.29, 1.82) is 5.26 Å². The number of allylic oxidation sites excluding steroid dienone is 2. The van der Waals surface area contributed by atoms with E-state index >= 15 is 0 Å². The van der Waals surface area contributed by atoms with Crippen LogP contribution in [-0.4, -0.2) is 29.8 Å². The summed E-state index contributed by atoms with van der Waals surface area (Å²) in [6, 6.07) is 6.61. The number of aliphatic imine (C=N–C) groups is 1. The molecule has 152 valence electrons. The number of fused-ring (bicyclic) bond motifs is 1. The Kier molecular flexibility index (Phi) is 6.40. The van der Waals surface area contributed by atoms with Crippen molar-refractivity contribution >= 4 is 34.5 Å². The first-order valence-corrected chi connectivity index (χ1v) is 10.3. The molecule has 9 heteroatoms. The number of rotatable bonds is 6. The first kappa shape index (κ1) is 21.1. The molecule has 3 rings (SSSR count). The van der Waals surface area contributed by atoms with Gasteiger partial charge >= 0.3 is 5.97 Å². The van der Waals surface area contributed by atoms with E-state index in [0.29, 0.717) is 44.1 Å². The number of benzene rings is 1. The van der Waals surface area contributed by atoms with E-state index in [9.17, 15) is 10.1 Å². The van der Waals surface area contributed by atoms with E-state index in [1.807, 2.05) is 6.92 Å². The van der Waals surface area contributed by atoms with Gasteiger partial charge in [0.15, 0.2) is 5.17 Å². The van der Waals surface area contributed by atoms with Crippen molar-refractivity contribution in [3.8, 4) is 11.8 Å². The van der Waals surface area contributed by atoms with Crippen molar-refractivity contribution in [2.75, 3.05) is 13.7 Å². The van der Waals surface area contributed by atoms with Crippen LogP contribution in [0.25, 0.3) is 0 Å². The lowest BCUT2D eigenvalue weighted by Crippen LogP contribution is -2.39. The van der Waals surface area contributed by atoms with Crippen molar-refractivity contribution in [2.45, 2.75) is 32.7 Å². The Morgan fingerprint density at radius 3 is 2.83 bits per heavy atom. The first-order chi connectivity index (χ1) is 14.0. The summed E-state index contributed by atoms with van der Waals surface area (Å²) in [7, 11) is 1.55. The van der Waals surface area contributed by atoms with E-state index in [4.69, 9.17) is 26.8 Å². The topological polar surface area (TPSA) is 101 Å². The van der Waals surface area contributed by atoms with Gasteiger partial charge in [0.2, 0.25) is 0 Å². The lowest BCUT2D eigenvalue weighted by atomic mass is 9.92. The highest BCUT2D eigenvalue weighted by atomic mass is 35.5. The van der Waals surface area contributed by atoms with Crippen LogP contribution in [0.1, 0.15) is 38.3 Å². The molecule has 1 atom stereocenters. The monoisotopic (exact) mass is 432 g/mol. The number of hydrogen-bond acceptors (Lipinski definition) is 8. The number of nitrogens with two attached hydrogens (primary N) is 1. The van der Waals surface area contributed by atoms with Crippen LogP contribution in [0, 0.1) is 11.3 Å². The number of ether oxygens (including phenoxy) is 2. The summed E-state index contributed by atoms with van der Waals surface area (Å²) in [5, 5.41) is 10.5. The van der Waals surface area contributed by atoms with E-state index in [1.54, 1.807) is 37.1 Å². The molecule has 0 radical (unpaired) electrons. The fourth-order valence-electron chi connectivity index (χ4n) is 3.35. The highest BCUT2D eigenvalue weighted by Crippen LogP contribution is 2.48. The van der Waals surface area contributed by atoms with Crippen LogP contribution in [0.3, 0.4) is 0 Å². The zero-order valence-corrected chi connectivity index (χ0v) is 17.9. The zero-order valence-electron chi connectivity index (χ0n) is 16.4. The molecule has 2 heterocycles. The summed E-state index contributed by atoms with van der Waals surface area (Å²) >= 11 is 7.46. The Morgan fingerprint density at radius 2 is 2.21 bits per heavy atom. The van der Waals surface area contributed by atoms with E-state index < -0.39 is 12.0 Å². The highest BCUT2D eigenvalue weighted by molar-refractivity contribution is 8.17. The molecule has 2 aliphatic heterocycles. The fourth-order valence-corrected chi connectivity index (χ4v) is 4.42. The number of carbonyl (C=O) groups is 1. The Labute approximate surface area is 178 Å². The molecule has 2 N–H and O–H groups in total. The third-order valence-electron chi connectivity index (χ3n) is 4.53. The molecule has 0 fully saturated rings. The highest BCUT2D eigenvalue weighted by Gasteiger charge is 2.44. The maximum Gasteiger partial charge on any atom is 0.338 e. The second-order valence-electron chi connectivity index (χ2n) is 6.31. The van der Waals surface area contributed by atoms with Gasteiger partial charge in [-0.25, -0.2) is 9.79 Å². The van der Waals surface area contributed by atoms with E-state index in [1.165, 1.54) is 11.8 Å². The molecule has 0 spiro atoms. The molecule has 0 aromatic heterocycles. The number of methoxy groups -OCH3 is 1. The molecule has 1 aromatic rings. The maximum atomic E-state index is 13.0. The molecule has 2 aliphatic rings. The largest absolute Gasteiger partial charge is 0.496 e. The van der Waals surface area contributed by atoms with Crippen molar-refractivity contribution in [1.82, 2.24) is 4.90 Å². The van der Waals surface area contributed by atoms with Crippen LogP contribution < -0.4 is 10.5 Å².